The van der Waals surface area contributed by atoms with E-state index in [4.69, 9.17) is 4.74 Å². The van der Waals surface area contributed by atoms with Gasteiger partial charge >= 0.3 is 0 Å². The number of carbonyl (C=O) groups is 1. The highest BCUT2D eigenvalue weighted by molar-refractivity contribution is 5.76. The predicted molar refractivity (Wildman–Crippen MR) is 46.8 cm³/mol. The lowest BCUT2D eigenvalue weighted by Gasteiger charge is -2.21. The molecule has 0 radical (unpaired) electrons. The fourth-order valence-corrected chi connectivity index (χ4v) is 1.39. The summed E-state index contributed by atoms with van der Waals surface area (Å²) in [5.74, 6) is 0.622. The van der Waals surface area contributed by atoms with Crippen molar-refractivity contribution in [2.24, 2.45) is 5.92 Å². The maximum absolute atomic E-state index is 10.9. The molecule has 0 unspecified atom stereocenters. The summed E-state index contributed by atoms with van der Waals surface area (Å²) < 4.78 is 5.39. The standard InChI is InChI=1S/C9H17NO2/c1-2-5-12-7-8-3-4-10-9(11)6-8/h8H,2-7H2,1H3,(H,10,11)/t8-/m1/s1. The van der Waals surface area contributed by atoms with Crippen LogP contribution in [0.1, 0.15) is 26.2 Å². The second-order valence-electron chi connectivity index (χ2n) is 3.28. The Morgan fingerprint density at radius 1 is 1.67 bits per heavy atom. The van der Waals surface area contributed by atoms with Crippen molar-refractivity contribution in [2.45, 2.75) is 26.2 Å². The smallest absolute Gasteiger partial charge is 0.220 e. The van der Waals surface area contributed by atoms with Crippen molar-refractivity contribution in [2.75, 3.05) is 19.8 Å². The van der Waals surface area contributed by atoms with Crippen molar-refractivity contribution in [3.05, 3.63) is 0 Å². The Morgan fingerprint density at radius 3 is 3.17 bits per heavy atom. The third-order valence-corrected chi connectivity index (χ3v) is 2.05. The molecule has 0 bridgehead atoms. The van der Waals surface area contributed by atoms with Gasteiger partial charge in [-0.15, -0.1) is 0 Å². The van der Waals surface area contributed by atoms with Gasteiger partial charge in [-0.25, -0.2) is 0 Å². The second kappa shape index (κ2) is 5.14. The summed E-state index contributed by atoms with van der Waals surface area (Å²) in [5.41, 5.74) is 0. The van der Waals surface area contributed by atoms with Crippen LogP contribution in [0.3, 0.4) is 0 Å². The Balaban J connectivity index is 2.10. The van der Waals surface area contributed by atoms with Crippen molar-refractivity contribution in [1.82, 2.24) is 5.32 Å². The molecule has 1 amide bonds. The molecule has 1 aliphatic heterocycles. The second-order valence-corrected chi connectivity index (χ2v) is 3.28. The zero-order valence-corrected chi connectivity index (χ0v) is 7.64. The molecule has 1 N–H and O–H groups in total. The maximum atomic E-state index is 10.9. The molecule has 12 heavy (non-hydrogen) atoms. The Labute approximate surface area is 73.5 Å². The summed E-state index contributed by atoms with van der Waals surface area (Å²) in [7, 11) is 0. The molecule has 1 fully saturated rings. The largest absolute Gasteiger partial charge is 0.381 e. The molecular formula is C9H17NO2. The van der Waals surface area contributed by atoms with Crippen LogP contribution in [0.5, 0.6) is 0 Å². The zero-order valence-electron chi connectivity index (χ0n) is 7.64. The van der Waals surface area contributed by atoms with E-state index in [1.54, 1.807) is 0 Å². The third kappa shape index (κ3) is 3.22. The fourth-order valence-electron chi connectivity index (χ4n) is 1.39. The van der Waals surface area contributed by atoms with Gasteiger partial charge in [0, 0.05) is 26.2 Å². The molecule has 0 spiro atoms. The van der Waals surface area contributed by atoms with Crippen molar-refractivity contribution in [1.29, 1.82) is 0 Å². The lowest BCUT2D eigenvalue weighted by molar-refractivity contribution is -0.124. The molecule has 1 heterocycles. The van der Waals surface area contributed by atoms with Crippen LogP contribution in [-0.4, -0.2) is 25.7 Å². The van der Waals surface area contributed by atoms with E-state index in [9.17, 15) is 4.79 Å². The quantitative estimate of drug-likeness (QED) is 0.639. The van der Waals surface area contributed by atoms with E-state index in [-0.39, 0.29) is 5.91 Å². The minimum atomic E-state index is 0.173. The van der Waals surface area contributed by atoms with Crippen molar-refractivity contribution >= 4 is 5.91 Å². The molecule has 0 aromatic heterocycles. The van der Waals surface area contributed by atoms with Crippen molar-refractivity contribution < 1.29 is 9.53 Å². The first-order valence-corrected chi connectivity index (χ1v) is 4.67. The average Bonchev–Trinajstić information content (AvgIpc) is 2.05. The van der Waals surface area contributed by atoms with Gasteiger partial charge in [0.2, 0.25) is 5.91 Å². The predicted octanol–water partition coefficient (Wildman–Crippen LogP) is 0.939. The molecular weight excluding hydrogens is 154 g/mol. The van der Waals surface area contributed by atoms with Crippen LogP contribution < -0.4 is 5.32 Å². The number of ether oxygens (including phenoxy) is 1. The number of amides is 1. The molecule has 0 aromatic rings. The Morgan fingerprint density at radius 2 is 2.50 bits per heavy atom. The normalized spacial score (nSPS) is 23.8. The fraction of sp³-hybridized carbons (Fsp3) is 0.889. The lowest BCUT2D eigenvalue weighted by atomic mass is 9.99. The molecule has 3 nitrogen and oxygen atoms in total. The highest BCUT2D eigenvalue weighted by Crippen LogP contribution is 2.12. The van der Waals surface area contributed by atoms with Gasteiger partial charge in [-0.3, -0.25) is 4.79 Å². The van der Waals surface area contributed by atoms with Crippen LogP contribution in [-0.2, 0) is 9.53 Å². The molecule has 70 valence electrons. The summed E-state index contributed by atoms with van der Waals surface area (Å²) in [4.78, 5) is 10.9. The van der Waals surface area contributed by atoms with Crippen LogP contribution in [0.2, 0.25) is 0 Å². The first-order chi connectivity index (χ1) is 5.83. The molecule has 3 heteroatoms. The SMILES string of the molecule is CCCOC[C@@H]1CCNC(=O)C1. The Kier molecular flexibility index (Phi) is 4.08. The van der Waals surface area contributed by atoms with Crippen LogP contribution in [0.25, 0.3) is 0 Å². The summed E-state index contributed by atoms with van der Waals surface area (Å²) in [6.45, 7) is 4.48. The van der Waals surface area contributed by atoms with Gasteiger partial charge in [0.25, 0.3) is 0 Å². The van der Waals surface area contributed by atoms with Gasteiger partial charge < -0.3 is 10.1 Å². The first-order valence-electron chi connectivity index (χ1n) is 4.67. The molecule has 1 saturated heterocycles. The van der Waals surface area contributed by atoms with Crippen molar-refractivity contribution in [3.8, 4) is 0 Å². The lowest BCUT2D eigenvalue weighted by Crippen LogP contribution is -2.35. The van der Waals surface area contributed by atoms with Gasteiger partial charge in [0.15, 0.2) is 0 Å². The van der Waals surface area contributed by atoms with E-state index >= 15 is 0 Å². The highest BCUT2D eigenvalue weighted by atomic mass is 16.5. The number of nitrogens with one attached hydrogen (secondary N) is 1. The van der Waals surface area contributed by atoms with E-state index in [2.05, 4.69) is 12.2 Å². The topological polar surface area (TPSA) is 38.3 Å². The van der Waals surface area contributed by atoms with Crippen LogP contribution >= 0.6 is 0 Å². The molecule has 1 aliphatic rings. The maximum Gasteiger partial charge on any atom is 0.220 e. The number of piperidine rings is 1. The van der Waals surface area contributed by atoms with E-state index in [1.165, 1.54) is 0 Å². The number of hydrogen-bond acceptors (Lipinski definition) is 2. The van der Waals surface area contributed by atoms with E-state index in [0.29, 0.717) is 12.3 Å². The third-order valence-electron chi connectivity index (χ3n) is 2.05. The number of hydrogen-bond donors (Lipinski definition) is 1. The molecule has 1 atom stereocenters. The summed E-state index contributed by atoms with van der Waals surface area (Å²) in [5, 5.41) is 2.81. The molecule has 0 aliphatic carbocycles. The average molecular weight is 171 g/mol. The van der Waals surface area contributed by atoms with Gasteiger partial charge in [0.1, 0.15) is 0 Å². The molecule has 0 saturated carbocycles. The first kappa shape index (κ1) is 9.52. The van der Waals surface area contributed by atoms with Gasteiger partial charge in [0.05, 0.1) is 0 Å². The van der Waals surface area contributed by atoms with Crippen LogP contribution in [0.15, 0.2) is 0 Å². The van der Waals surface area contributed by atoms with Gasteiger partial charge in [-0.2, -0.15) is 0 Å². The van der Waals surface area contributed by atoms with E-state index in [1.807, 2.05) is 0 Å². The Bertz CT molecular complexity index is 147. The molecule has 1 rings (SSSR count). The van der Waals surface area contributed by atoms with Gasteiger partial charge in [-0.05, 0) is 18.8 Å². The zero-order chi connectivity index (χ0) is 8.81. The number of carbonyl (C=O) groups excluding carboxylic acids is 1. The number of rotatable bonds is 4. The van der Waals surface area contributed by atoms with Crippen LogP contribution in [0.4, 0.5) is 0 Å². The minimum absolute atomic E-state index is 0.173. The van der Waals surface area contributed by atoms with Crippen molar-refractivity contribution in [3.63, 3.8) is 0 Å². The van der Waals surface area contributed by atoms with Gasteiger partial charge in [-0.1, -0.05) is 6.92 Å². The van der Waals surface area contributed by atoms with Crippen LogP contribution in [0, 0.1) is 5.92 Å². The van der Waals surface area contributed by atoms with E-state index in [0.717, 1.165) is 32.6 Å². The molecule has 0 aromatic carbocycles. The summed E-state index contributed by atoms with van der Waals surface area (Å²) >= 11 is 0. The highest BCUT2D eigenvalue weighted by Gasteiger charge is 2.18. The monoisotopic (exact) mass is 171 g/mol. The minimum Gasteiger partial charge on any atom is -0.381 e. The Hall–Kier alpha value is -0.570. The summed E-state index contributed by atoms with van der Waals surface area (Å²) in [6.07, 6.45) is 2.76. The summed E-state index contributed by atoms with van der Waals surface area (Å²) in [6, 6.07) is 0. The van der Waals surface area contributed by atoms with E-state index < -0.39 is 0 Å².